The largest absolute Gasteiger partial charge is 0.367 e. The van der Waals surface area contributed by atoms with Crippen LogP contribution in [0.25, 0.3) is 22.0 Å². The van der Waals surface area contributed by atoms with Crippen molar-refractivity contribution in [1.29, 1.82) is 0 Å². The Bertz CT molecular complexity index is 1330. The van der Waals surface area contributed by atoms with Crippen molar-refractivity contribution in [3.05, 3.63) is 102 Å². The van der Waals surface area contributed by atoms with Crippen LogP contribution in [0.5, 0.6) is 0 Å². The number of nitrogens with zero attached hydrogens (tertiary/aromatic N) is 4. The zero-order valence-electron chi connectivity index (χ0n) is 16.7. The monoisotopic (exact) mass is 408 g/mol. The first-order valence-corrected chi connectivity index (χ1v) is 9.98. The molecule has 2 N–H and O–H groups in total. The van der Waals surface area contributed by atoms with Gasteiger partial charge in [-0.15, -0.1) is 5.10 Å². The summed E-state index contributed by atoms with van der Waals surface area (Å²) in [5.74, 6) is -0.105. The van der Waals surface area contributed by atoms with Gasteiger partial charge in [0.2, 0.25) is 0 Å². The maximum Gasteiger partial charge on any atom is 0.251 e. The molecule has 5 aromatic rings. The summed E-state index contributed by atoms with van der Waals surface area (Å²) in [6.45, 7) is 1.01. The molecule has 0 bridgehead atoms. The molecule has 3 heterocycles. The molecule has 0 aliphatic carbocycles. The number of carbonyl (C=O) groups is 1. The number of pyridine rings is 1. The molecular formula is C24H20N6O. The molecule has 31 heavy (non-hydrogen) atoms. The van der Waals surface area contributed by atoms with E-state index in [4.69, 9.17) is 0 Å². The molecule has 7 heteroatoms. The molecule has 0 aliphatic heterocycles. The second-order valence-electron chi connectivity index (χ2n) is 7.31. The van der Waals surface area contributed by atoms with E-state index >= 15 is 0 Å². The standard InChI is InChI=1S/C24H20N6O/c31-24(27-13-18-7-9-25-12-18)19-4-1-3-17(11-19)15-30-16-23(28-29-30)22-6-2-5-20-14-26-10-8-21(20)22/h1-12,14,16,25H,13,15H2,(H,27,31). The smallest absolute Gasteiger partial charge is 0.251 e. The lowest BCUT2D eigenvalue weighted by molar-refractivity contribution is 0.0951. The average molecular weight is 408 g/mol. The van der Waals surface area contributed by atoms with E-state index in [1.807, 2.05) is 79.4 Å². The number of H-pyrrole nitrogens is 1. The van der Waals surface area contributed by atoms with Crippen LogP contribution in [0.4, 0.5) is 0 Å². The van der Waals surface area contributed by atoms with E-state index < -0.39 is 0 Å². The van der Waals surface area contributed by atoms with Crippen LogP contribution in [0.2, 0.25) is 0 Å². The SMILES string of the molecule is O=C(NCc1cc[nH]c1)c1cccc(Cn2cc(-c3cccc4cnccc34)nn2)c1. The van der Waals surface area contributed by atoms with E-state index in [0.717, 1.165) is 33.2 Å². The van der Waals surface area contributed by atoms with Gasteiger partial charge in [-0.25, -0.2) is 4.68 Å². The number of aromatic nitrogens is 5. The summed E-state index contributed by atoms with van der Waals surface area (Å²) in [5.41, 5.74) is 4.45. The Labute approximate surface area is 178 Å². The Hall–Kier alpha value is -4.26. The Kier molecular flexibility index (Phi) is 4.98. The fourth-order valence-corrected chi connectivity index (χ4v) is 3.60. The first-order valence-electron chi connectivity index (χ1n) is 9.98. The van der Waals surface area contributed by atoms with Crippen LogP contribution in [0.1, 0.15) is 21.5 Å². The molecular weight excluding hydrogens is 388 g/mol. The molecule has 0 saturated heterocycles. The van der Waals surface area contributed by atoms with Gasteiger partial charge in [0.25, 0.3) is 5.91 Å². The van der Waals surface area contributed by atoms with Crippen LogP contribution in [-0.2, 0) is 13.1 Å². The van der Waals surface area contributed by atoms with Crippen LogP contribution >= 0.6 is 0 Å². The minimum atomic E-state index is -0.105. The average Bonchev–Trinajstić information content (AvgIpc) is 3.49. The Morgan fingerprint density at radius 1 is 1.06 bits per heavy atom. The molecule has 3 aromatic heterocycles. The molecule has 0 saturated carbocycles. The van der Waals surface area contributed by atoms with Gasteiger partial charge in [0.1, 0.15) is 5.69 Å². The molecule has 0 aliphatic rings. The summed E-state index contributed by atoms with van der Waals surface area (Å²) in [6, 6.07) is 17.5. The number of nitrogens with one attached hydrogen (secondary N) is 2. The van der Waals surface area contributed by atoms with Crippen molar-refractivity contribution < 1.29 is 4.79 Å². The quantitative estimate of drug-likeness (QED) is 0.447. The molecule has 0 spiro atoms. The van der Waals surface area contributed by atoms with E-state index in [-0.39, 0.29) is 5.91 Å². The van der Waals surface area contributed by atoms with Gasteiger partial charge in [0.05, 0.1) is 12.7 Å². The topological polar surface area (TPSA) is 88.5 Å². The molecule has 1 amide bonds. The fraction of sp³-hybridized carbons (Fsp3) is 0.0833. The van der Waals surface area contributed by atoms with Crippen molar-refractivity contribution in [2.75, 3.05) is 0 Å². The lowest BCUT2D eigenvalue weighted by Crippen LogP contribution is -2.22. The minimum absolute atomic E-state index is 0.105. The van der Waals surface area contributed by atoms with Crippen LogP contribution in [0, 0.1) is 0 Å². The van der Waals surface area contributed by atoms with E-state index in [0.29, 0.717) is 18.7 Å². The number of benzene rings is 2. The maximum absolute atomic E-state index is 12.5. The highest BCUT2D eigenvalue weighted by molar-refractivity contribution is 5.95. The third kappa shape index (κ3) is 4.06. The lowest BCUT2D eigenvalue weighted by atomic mass is 10.0. The first-order chi connectivity index (χ1) is 15.3. The molecule has 0 fully saturated rings. The van der Waals surface area contributed by atoms with Crippen molar-refractivity contribution in [2.45, 2.75) is 13.1 Å². The minimum Gasteiger partial charge on any atom is -0.367 e. The summed E-state index contributed by atoms with van der Waals surface area (Å²) in [4.78, 5) is 19.7. The molecule has 152 valence electrons. The third-order valence-electron chi connectivity index (χ3n) is 5.14. The predicted molar refractivity (Wildman–Crippen MR) is 118 cm³/mol. The van der Waals surface area contributed by atoms with E-state index in [2.05, 4.69) is 25.6 Å². The van der Waals surface area contributed by atoms with Crippen LogP contribution < -0.4 is 5.32 Å². The number of fused-ring (bicyclic) bond motifs is 1. The van der Waals surface area contributed by atoms with Crippen LogP contribution in [0.3, 0.4) is 0 Å². The van der Waals surface area contributed by atoms with Crippen molar-refractivity contribution in [3.63, 3.8) is 0 Å². The van der Waals surface area contributed by atoms with Gasteiger partial charge in [0, 0.05) is 47.8 Å². The number of aromatic amines is 1. The number of amides is 1. The van der Waals surface area contributed by atoms with Gasteiger partial charge >= 0.3 is 0 Å². The van der Waals surface area contributed by atoms with Crippen molar-refractivity contribution in [2.24, 2.45) is 0 Å². The van der Waals surface area contributed by atoms with Gasteiger partial charge < -0.3 is 10.3 Å². The molecule has 2 aromatic carbocycles. The van der Waals surface area contributed by atoms with Crippen molar-refractivity contribution in [3.8, 4) is 11.3 Å². The molecule has 0 radical (unpaired) electrons. The zero-order valence-corrected chi connectivity index (χ0v) is 16.7. The van der Waals surface area contributed by atoms with Gasteiger partial charge in [-0.3, -0.25) is 9.78 Å². The Morgan fingerprint density at radius 2 is 2.00 bits per heavy atom. The third-order valence-corrected chi connectivity index (χ3v) is 5.14. The predicted octanol–water partition coefficient (Wildman–Crippen LogP) is 3.80. The van der Waals surface area contributed by atoms with Crippen molar-refractivity contribution in [1.82, 2.24) is 30.3 Å². The summed E-state index contributed by atoms with van der Waals surface area (Å²) in [7, 11) is 0. The summed E-state index contributed by atoms with van der Waals surface area (Å²) in [6.07, 6.45) is 9.25. The normalized spacial score (nSPS) is 11.0. The van der Waals surface area contributed by atoms with Gasteiger partial charge in [-0.05, 0) is 40.8 Å². The molecule has 0 atom stereocenters. The van der Waals surface area contributed by atoms with E-state index in [1.165, 1.54) is 0 Å². The van der Waals surface area contributed by atoms with Gasteiger partial charge in [-0.2, -0.15) is 0 Å². The van der Waals surface area contributed by atoms with E-state index in [9.17, 15) is 4.79 Å². The van der Waals surface area contributed by atoms with Gasteiger partial charge in [0.15, 0.2) is 0 Å². The Balaban J connectivity index is 1.32. The second kappa shape index (κ2) is 8.23. The number of hydrogen-bond acceptors (Lipinski definition) is 4. The Morgan fingerprint density at radius 3 is 2.90 bits per heavy atom. The first kappa shape index (κ1) is 18.7. The molecule has 0 unspecified atom stereocenters. The molecule has 7 nitrogen and oxygen atoms in total. The number of hydrogen-bond donors (Lipinski definition) is 2. The lowest BCUT2D eigenvalue weighted by Gasteiger charge is -2.06. The zero-order chi connectivity index (χ0) is 21.0. The maximum atomic E-state index is 12.5. The van der Waals surface area contributed by atoms with Crippen LogP contribution in [-0.4, -0.2) is 30.9 Å². The van der Waals surface area contributed by atoms with E-state index in [1.54, 1.807) is 10.9 Å². The van der Waals surface area contributed by atoms with Gasteiger partial charge in [-0.1, -0.05) is 35.5 Å². The highest BCUT2D eigenvalue weighted by atomic mass is 16.1. The highest BCUT2D eigenvalue weighted by Crippen LogP contribution is 2.26. The molecule has 5 rings (SSSR count). The summed E-state index contributed by atoms with van der Waals surface area (Å²) < 4.78 is 1.78. The second-order valence-corrected chi connectivity index (χ2v) is 7.31. The number of carbonyl (C=O) groups excluding carboxylic acids is 1. The number of rotatable bonds is 6. The fourth-order valence-electron chi connectivity index (χ4n) is 3.60. The summed E-state index contributed by atoms with van der Waals surface area (Å²) in [5, 5.41) is 13.7. The van der Waals surface area contributed by atoms with Crippen molar-refractivity contribution >= 4 is 16.7 Å². The van der Waals surface area contributed by atoms with Crippen LogP contribution in [0.15, 0.2) is 85.6 Å². The highest BCUT2D eigenvalue weighted by Gasteiger charge is 2.10. The summed E-state index contributed by atoms with van der Waals surface area (Å²) >= 11 is 0.